The molecule has 0 aliphatic carbocycles. The first kappa shape index (κ1) is 28.0. The predicted molar refractivity (Wildman–Crippen MR) is 158 cm³/mol. The lowest BCUT2D eigenvalue weighted by Crippen LogP contribution is -2.57. The Hall–Kier alpha value is -4.16. The van der Waals surface area contributed by atoms with E-state index in [1.165, 1.54) is 0 Å². The number of amides is 1. The van der Waals surface area contributed by atoms with E-state index in [0.29, 0.717) is 58.0 Å². The molecule has 0 spiro atoms. The number of carbonyl (C=O) groups is 1. The Labute approximate surface area is 247 Å². The number of carbonyl (C=O) groups excluding carboxylic acids is 1. The number of rotatable bonds is 6. The molecule has 2 aliphatic heterocycles. The average Bonchev–Trinajstić information content (AvgIpc) is 3.59. The minimum Gasteiger partial charge on any atom is -0.616 e. The maximum absolute atomic E-state index is 14.2. The molecular formula is C30H33N5O6S. The van der Waals surface area contributed by atoms with Gasteiger partial charge in [0.1, 0.15) is 41.1 Å². The van der Waals surface area contributed by atoms with E-state index in [9.17, 15) is 9.35 Å². The lowest BCUT2D eigenvalue weighted by molar-refractivity contribution is 0.0581. The molecule has 4 heterocycles. The maximum atomic E-state index is 14.2. The number of aromatic nitrogens is 4. The van der Waals surface area contributed by atoms with Gasteiger partial charge >= 0.3 is 0 Å². The van der Waals surface area contributed by atoms with Crippen molar-refractivity contribution in [2.45, 2.75) is 26.0 Å². The van der Waals surface area contributed by atoms with Crippen molar-refractivity contribution in [3.8, 4) is 51.2 Å². The van der Waals surface area contributed by atoms with Crippen molar-refractivity contribution in [1.82, 2.24) is 24.5 Å². The van der Waals surface area contributed by atoms with Gasteiger partial charge in [-0.2, -0.15) is 10.2 Å². The molecule has 42 heavy (non-hydrogen) atoms. The van der Waals surface area contributed by atoms with Crippen LogP contribution < -0.4 is 18.9 Å². The van der Waals surface area contributed by atoms with Crippen LogP contribution in [0.1, 0.15) is 29.9 Å². The fourth-order valence-corrected chi connectivity index (χ4v) is 7.10. The zero-order valence-corrected chi connectivity index (χ0v) is 25.3. The summed E-state index contributed by atoms with van der Waals surface area (Å²) in [5.41, 5.74) is 3.97. The number of hydrogen-bond donors (Lipinski definition) is 0. The average molecular weight is 592 g/mol. The van der Waals surface area contributed by atoms with E-state index in [-0.39, 0.29) is 18.2 Å². The van der Waals surface area contributed by atoms with Crippen LogP contribution in [-0.2, 0) is 24.8 Å². The van der Waals surface area contributed by atoms with Crippen molar-refractivity contribution < 1.29 is 28.3 Å². The number of aryl methyl sites for hydroxylation is 1. The van der Waals surface area contributed by atoms with Gasteiger partial charge in [0.25, 0.3) is 5.91 Å². The van der Waals surface area contributed by atoms with Crippen molar-refractivity contribution in [2.75, 3.05) is 39.4 Å². The monoisotopic (exact) mass is 591 g/mol. The Balaban J connectivity index is 1.59. The summed E-state index contributed by atoms with van der Waals surface area (Å²) >= 11 is -0.981. The number of methoxy groups -OCH3 is 3. The molecule has 2 aromatic heterocycles. The van der Waals surface area contributed by atoms with Crippen LogP contribution in [-0.4, -0.2) is 79.8 Å². The van der Waals surface area contributed by atoms with Gasteiger partial charge in [0.15, 0.2) is 5.69 Å². The smallest absolute Gasteiger partial charge is 0.275 e. The first-order valence-corrected chi connectivity index (χ1v) is 15.0. The summed E-state index contributed by atoms with van der Waals surface area (Å²) in [4.78, 5) is 16.0. The van der Waals surface area contributed by atoms with Crippen LogP contribution in [0.15, 0.2) is 42.6 Å². The Bertz CT molecular complexity index is 1660. The molecule has 1 fully saturated rings. The predicted octanol–water partition coefficient (Wildman–Crippen LogP) is 3.84. The Kier molecular flexibility index (Phi) is 7.06. The van der Waals surface area contributed by atoms with Crippen LogP contribution in [0.2, 0.25) is 0 Å². The molecule has 1 amide bonds. The molecule has 2 aromatic carbocycles. The summed E-state index contributed by atoms with van der Waals surface area (Å²) in [5, 5.41) is 9.52. The van der Waals surface area contributed by atoms with Crippen LogP contribution in [0, 0.1) is 0 Å². The quantitative estimate of drug-likeness (QED) is 0.311. The van der Waals surface area contributed by atoms with Crippen molar-refractivity contribution in [3.63, 3.8) is 0 Å². The van der Waals surface area contributed by atoms with E-state index in [2.05, 4.69) is 5.10 Å². The minimum absolute atomic E-state index is 0.136. The lowest BCUT2D eigenvalue weighted by Gasteiger charge is -2.41. The summed E-state index contributed by atoms with van der Waals surface area (Å²) in [6, 6.07) is 11.2. The SMILES string of the molecule is COc1cc(OC)cc(-n2nc(C(=O)N3CC[S+]([O-])CC3(C)C)c3c2-c2cc(-c4ccn(C)n4)c(OC)cc2OC3)c1. The van der Waals surface area contributed by atoms with Crippen molar-refractivity contribution in [3.05, 3.63) is 53.9 Å². The third kappa shape index (κ3) is 4.74. The first-order valence-electron chi connectivity index (χ1n) is 13.5. The topological polar surface area (TPSA) is 116 Å². The van der Waals surface area contributed by atoms with E-state index in [4.69, 9.17) is 24.0 Å². The highest BCUT2D eigenvalue weighted by Crippen LogP contribution is 2.46. The van der Waals surface area contributed by atoms with Gasteiger partial charge < -0.3 is 28.4 Å². The number of fused-ring (bicyclic) bond motifs is 3. The number of benzene rings is 2. The van der Waals surface area contributed by atoms with Gasteiger partial charge in [-0.05, 0) is 37.2 Å². The highest BCUT2D eigenvalue weighted by Gasteiger charge is 2.43. The molecule has 0 N–H and O–H groups in total. The van der Waals surface area contributed by atoms with Crippen LogP contribution >= 0.6 is 0 Å². The van der Waals surface area contributed by atoms with E-state index < -0.39 is 16.7 Å². The largest absolute Gasteiger partial charge is 0.616 e. The second kappa shape index (κ2) is 10.6. The zero-order chi connectivity index (χ0) is 29.8. The summed E-state index contributed by atoms with van der Waals surface area (Å²) in [7, 11) is 6.64. The van der Waals surface area contributed by atoms with Crippen LogP contribution in [0.4, 0.5) is 0 Å². The third-order valence-corrected chi connectivity index (χ3v) is 9.38. The molecule has 0 bridgehead atoms. The molecule has 4 aromatic rings. The fraction of sp³-hybridized carbons (Fsp3) is 0.367. The normalized spacial score (nSPS) is 17.2. The highest BCUT2D eigenvalue weighted by atomic mass is 32.2. The van der Waals surface area contributed by atoms with Gasteiger partial charge in [-0.25, -0.2) is 4.68 Å². The molecule has 12 heteroatoms. The Morgan fingerprint density at radius 1 is 1.02 bits per heavy atom. The standard InChI is InChI=1S/C30H33N5O6S/c1-30(2)17-42(37)10-9-34(30)29(36)27-23-16-41-26-15-25(40-6)21(24-7-8-33(3)31-24)14-22(26)28(23)35(32-27)18-11-19(38-4)13-20(12-18)39-5/h7-8,11-15H,9-10,16-17H2,1-6H3. The van der Waals surface area contributed by atoms with Crippen molar-refractivity contribution >= 4 is 17.1 Å². The van der Waals surface area contributed by atoms with E-state index in [1.54, 1.807) is 41.7 Å². The molecule has 11 nitrogen and oxygen atoms in total. The lowest BCUT2D eigenvalue weighted by atomic mass is 9.97. The van der Waals surface area contributed by atoms with Gasteiger partial charge in [-0.3, -0.25) is 9.48 Å². The van der Waals surface area contributed by atoms with Crippen LogP contribution in [0.5, 0.6) is 23.0 Å². The highest BCUT2D eigenvalue weighted by molar-refractivity contribution is 7.91. The van der Waals surface area contributed by atoms with Crippen molar-refractivity contribution in [2.24, 2.45) is 7.05 Å². The van der Waals surface area contributed by atoms with Gasteiger partial charge in [0.05, 0.1) is 50.5 Å². The number of ether oxygens (including phenoxy) is 4. The summed E-state index contributed by atoms with van der Waals surface area (Å²) in [6.07, 6.45) is 1.87. The van der Waals surface area contributed by atoms with Crippen LogP contribution in [0.25, 0.3) is 28.2 Å². The second-order valence-corrected chi connectivity index (χ2v) is 12.5. The second-order valence-electron chi connectivity index (χ2n) is 10.9. The van der Waals surface area contributed by atoms with Gasteiger partial charge in [0.2, 0.25) is 0 Å². The number of nitrogens with zero attached hydrogens (tertiary/aromatic N) is 5. The van der Waals surface area contributed by atoms with E-state index in [1.807, 2.05) is 57.4 Å². The van der Waals surface area contributed by atoms with Gasteiger partial charge in [0, 0.05) is 54.2 Å². The Morgan fingerprint density at radius 2 is 1.76 bits per heavy atom. The molecule has 1 saturated heterocycles. The first-order chi connectivity index (χ1) is 20.1. The molecule has 0 saturated carbocycles. The molecule has 1 atom stereocenters. The molecule has 0 radical (unpaired) electrons. The van der Waals surface area contributed by atoms with Gasteiger partial charge in [-0.15, -0.1) is 0 Å². The summed E-state index contributed by atoms with van der Waals surface area (Å²) in [6.45, 7) is 4.40. The molecule has 2 aliphatic rings. The molecule has 220 valence electrons. The van der Waals surface area contributed by atoms with Crippen LogP contribution in [0.3, 0.4) is 0 Å². The van der Waals surface area contributed by atoms with Gasteiger partial charge in [-0.1, -0.05) is 0 Å². The van der Waals surface area contributed by atoms with E-state index in [0.717, 1.165) is 16.8 Å². The molecular weight excluding hydrogens is 558 g/mol. The summed E-state index contributed by atoms with van der Waals surface area (Å²) < 4.78 is 38.9. The molecule has 1 unspecified atom stereocenters. The molecule has 6 rings (SSSR count). The number of hydrogen-bond acceptors (Lipinski definition) is 8. The summed E-state index contributed by atoms with van der Waals surface area (Å²) in [5.74, 6) is 2.98. The van der Waals surface area contributed by atoms with E-state index >= 15 is 0 Å². The fourth-order valence-electron chi connectivity index (χ4n) is 5.62. The zero-order valence-electron chi connectivity index (χ0n) is 24.5. The third-order valence-electron chi connectivity index (χ3n) is 7.72. The van der Waals surface area contributed by atoms with Crippen molar-refractivity contribution in [1.29, 1.82) is 0 Å². The minimum atomic E-state index is -0.981. The Morgan fingerprint density at radius 3 is 2.38 bits per heavy atom. The maximum Gasteiger partial charge on any atom is 0.275 e.